The van der Waals surface area contributed by atoms with Crippen LogP contribution in [0.15, 0.2) is 42.5 Å². The fraction of sp³-hybridized carbons (Fsp3) is 0.143. The summed E-state index contributed by atoms with van der Waals surface area (Å²) in [5.41, 5.74) is 2.14. The average Bonchev–Trinajstić information content (AvgIpc) is 2.84. The maximum absolute atomic E-state index is 5.94. The number of fused-ring (bicyclic) bond motifs is 1. The van der Waals surface area contributed by atoms with Gasteiger partial charge in [-0.3, -0.25) is 0 Å². The predicted molar refractivity (Wildman–Crippen MR) is 71.3 cm³/mol. The van der Waals surface area contributed by atoms with E-state index in [1.165, 1.54) is 0 Å². The molecule has 0 spiro atoms. The summed E-state index contributed by atoms with van der Waals surface area (Å²) in [6, 6.07) is 13.6. The second kappa shape index (κ2) is 4.78. The molecule has 0 amide bonds. The molecule has 92 valence electrons. The number of anilines is 1. The van der Waals surface area contributed by atoms with Crippen molar-refractivity contribution < 1.29 is 9.47 Å². The molecule has 0 fully saturated rings. The second-order valence-electron chi connectivity index (χ2n) is 4.05. The normalized spacial score (nSPS) is 12.5. The second-order valence-corrected chi connectivity index (χ2v) is 4.49. The molecule has 1 aliphatic rings. The summed E-state index contributed by atoms with van der Waals surface area (Å²) in [7, 11) is 0. The van der Waals surface area contributed by atoms with E-state index in [9.17, 15) is 0 Å². The number of nitrogens with one attached hydrogen (secondary N) is 1. The van der Waals surface area contributed by atoms with Gasteiger partial charge in [0.1, 0.15) is 0 Å². The number of ether oxygens (including phenoxy) is 2. The van der Waals surface area contributed by atoms with E-state index in [-0.39, 0.29) is 0 Å². The van der Waals surface area contributed by atoms with Gasteiger partial charge in [0.15, 0.2) is 11.5 Å². The number of rotatable bonds is 3. The molecule has 18 heavy (non-hydrogen) atoms. The van der Waals surface area contributed by atoms with E-state index in [0.717, 1.165) is 34.3 Å². The van der Waals surface area contributed by atoms with Crippen LogP contribution in [0, 0.1) is 0 Å². The van der Waals surface area contributed by atoms with Crippen LogP contribution in [0.1, 0.15) is 5.56 Å². The maximum atomic E-state index is 5.94. The SMILES string of the molecule is Clc1cccc(CNc2ccc3c(c2)OCO3)c1. The summed E-state index contributed by atoms with van der Waals surface area (Å²) < 4.78 is 10.6. The summed E-state index contributed by atoms with van der Waals surface area (Å²) in [5, 5.41) is 4.07. The Morgan fingerprint density at radius 3 is 2.83 bits per heavy atom. The smallest absolute Gasteiger partial charge is 0.231 e. The first-order valence-corrected chi connectivity index (χ1v) is 6.07. The van der Waals surface area contributed by atoms with Gasteiger partial charge >= 0.3 is 0 Å². The molecule has 1 heterocycles. The van der Waals surface area contributed by atoms with Gasteiger partial charge in [-0.05, 0) is 29.8 Å². The molecule has 0 radical (unpaired) electrons. The topological polar surface area (TPSA) is 30.5 Å². The lowest BCUT2D eigenvalue weighted by Crippen LogP contribution is -1.99. The number of hydrogen-bond donors (Lipinski definition) is 1. The third kappa shape index (κ3) is 2.36. The number of benzene rings is 2. The quantitative estimate of drug-likeness (QED) is 0.914. The van der Waals surface area contributed by atoms with Crippen LogP contribution in [0.4, 0.5) is 5.69 Å². The molecule has 4 heteroatoms. The summed E-state index contributed by atoms with van der Waals surface area (Å²) in [6.45, 7) is 1.02. The van der Waals surface area contributed by atoms with Crippen molar-refractivity contribution in [2.75, 3.05) is 12.1 Å². The van der Waals surface area contributed by atoms with Gasteiger partial charge in [0.05, 0.1) is 0 Å². The van der Waals surface area contributed by atoms with E-state index < -0.39 is 0 Å². The Kier molecular flexibility index (Phi) is 2.99. The zero-order valence-corrected chi connectivity index (χ0v) is 10.4. The average molecular weight is 262 g/mol. The van der Waals surface area contributed by atoms with Crippen molar-refractivity contribution in [3.63, 3.8) is 0 Å². The minimum Gasteiger partial charge on any atom is -0.454 e. The zero-order chi connectivity index (χ0) is 12.4. The molecule has 1 N–H and O–H groups in total. The van der Waals surface area contributed by atoms with Crippen molar-refractivity contribution in [2.24, 2.45) is 0 Å². The summed E-state index contributed by atoms with van der Waals surface area (Å²) in [4.78, 5) is 0. The summed E-state index contributed by atoms with van der Waals surface area (Å²) in [6.07, 6.45) is 0. The molecule has 0 bridgehead atoms. The van der Waals surface area contributed by atoms with Gasteiger partial charge in [-0.2, -0.15) is 0 Å². The van der Waals surface area contributed by atoms with Crippen molar-refractivity contribution in [1.29, 1.82) is 0 Å². The fourth-order valence-electron chi connectivity index (χ4n) is 1.86. The van der Waals surface area contributed by atoms with E-state index in [1.807, 2.05) is 42.5 Å². The van der Waals surface area contributed by atoms with Gasteiger partial charge in [-0.25, -0.2) is 0 Å². The number of hydrogen-bond acceptors (Lipinski definition) is 3. The molecular formula is C14H12ClNO2. The van der Waals surface area contributed by atoms with Crippen LogP contribution in [-0.2, 0) is 6.54 Å². The number of halogens is 1. The molecule has 0 aliphatic carbocycles. The van der Waals surface area contributed by atoms with Crippen LogP contribution in [0.3, 0.4) is 0 Å². The van der Waals surface area contributed by atoms with E-state index >= 15 is 0 Å². The van der Waals surface area contributed by atoms with Crippen LogP contribution in [0.5, 0.6) is 11.5 Å². The molecular weight excluding hydrogens is 250 g/mol. The Bertz CT molecular complexity index is 571. The van der Waals surface area contributed by atoms with Crippen LogP contribution in [-0.4, -0.2) is 6.79 Å². The van der Waals surface area contributed by atoms with Gasteiger partial charge in [0, 0.05) is 23.3 Å². The standard InChI is InChI=1S/C14H12ClNO2/c15-11-3-1-2-10(6-11)8-16-12-4-5-13-14(7-12)18-9-17-13/h1-7,16H,8-9H2. The Morgan fingerprint density at radius 1 is 1.06 bits per heavy atom. The minimum atomic E-state index is 0.299. The summed E-state index contributed by atoms with van der Waals surface area (Å²) in [5.74, 6) is 1.58. The first kappa shape index (κ1) is 11.2. The maximum Gasteiger partial charge on any atom is 0.231 e. The van der Waals surface area contributed by atoms with Crippen molar-refractivity contribution in [1.82, 2.24) is 0 Å². The fourth-order valence-corrected chi connectivity index (χ4v) is 2.07. The molecule has 0 saturated carbocycles. The predicted octanol–water partition coefficient (Wildman–Crippen LogP) is 3.68. The highest BCUT2D eigenvalue weighted by Crippen LogP contribution is 2.34. The zero-order valence-electron chi connectivity index (χ0n) is 9.65. The lowest BCUT2D eigenvalue weighted by molar-refractivity contribution is 0.174. The van der Waals surface area contributed by atoms with Crippen molar-refractivity contribution >= 4 is 17.3 Å². The van der Waals surface area contributed by atoms with Crippen molar-refractivity contribution in [3.05, 3.63) is 53.1 Å². The first-order valence-electron chi connectivity index (χ1n) is 5.69. The van der Waals surface area contributed by atoms with E-state index in [4.69, 9.17) is 21.1 Å². The van der Waals surface area contributed by atoms with Gasteiger partial charge in [-0.1, -0.05) is 23.7 Å². The molecule has 0 aromatic heterocycles. The molecule has 0 saturated heterocycles. The lowest BCUT2D eigenvalue weighted by atomic mass is 10.2. The highest BCUT2D eigenvalue weighted by atomic mass is 35.5. The van der Waals surface area contributed by atoms with Crippen LogP contribution in [0.2, 0.25) is 5.02 Å². The van der Waals surface area contributed by atoms with Crippen LogP contribution in [0.25, 0.3) is 0 Å². The third-order valence-corrected chi connectivity index (χ3v) is 2.99. The molecule has 3 nitrogen and oxygen atoms in total. The molecule has 0 unspecified atom stereocenters. The minimum absolute atomic E-state index is 0.299. The third-order valence-electron chi connectivity index (χ3n) is 2.76. The highest BCUT2D eigenvalue weighted by molar-refractivity contribution is 6.30. The van der Waals surface area contributed by atoms with E-state index in [0.29, 0.717) is 6.79 Å². The van der Waals surface area contributed by atoms with Gasteiger partial charge < -0.3 is 14.8 Å². The van der Waals surface area contributed by atoms with E-state index in [1.54, 1.807) is 0 Å². The molecule has 1 aliphatic heterocycles. The van der Waals surface area contributed by atoms with Crippen LogP contribution >= 0.6 is 11.6 Å². The molecule has 3 rings (SSSR count). The van der Waals surface area contributed by atoms with E-state index in [2.05, 4.69) is 5.32 Å². The van der Waals surface area contributed by atoms with Gasteiger partial charge in [-0.15, -0.1) is 0 Å². The Labute approximate surface area is 110 Å². The highest BCUT2D eigenvalue weighted by Gasteiger charge is 2.12. The summed E-state index contributed by atoms with van der Waals surface area (Å²) >= 11 is 5.94. The first-order chi connectivity index (χ1) is 8.81. The van der Waals surface area contributed by atoms with Crippen molar-refractivity contribution in [3.8, 4) is 11.5 Å². The van der Waals surface area contributed by atoms with Gasteiger partial charge in [0.25, 0.3) is 0 Å². The monoisotopic (exact) mass is 261 g/mol. The van der Waals surface area contributed by atoms with Gasteiger partial charge in [0.2, 0.25) is 6.79 Å². The van der Waals surface area contributed by atoms with Crippen molar-refractivity contribution in [2.45, 2.75) is 6.54 Å². The molecule has 2 aromatic carbocycles. The molecule has 2 aromatic rings. The lowest BCUT2D eigenvalue weighted by Gasteiger charge is -2.07. The Hall–Kier alpha value is -1.87. The Balaban J connectivity index is 1.70. The molecule has 0 atom stereocenters. The largest absolute Gasteiger partial charge is 0.454 e. The Morgan fingerprint density at radius 2 is 1.94 bits per heavy atom. The van der Waals surface area contributed by atoms with Crippen LogP contribution < -0.4 is 14.8 Å².